The van der Waals surface area contributed by atoms with Crippen molar-refractivity contribution in [2.75, 3.05) is 11.8 Å². The van der Waals surface area contributed by atoms with Crippen molar-refractivity contribution in [2.24, 2.45) is 0 Å². The summed E-state index contributed by atoms with van der Waals surface area (Å²) >= 11 is 5.79. The van der Waals surface area contributed by atoms with E-state index in [2.05, 4.69) is 4.72 Å². The summed E-state index contributed by atoms with van der Waals surface area (Å²) < 4.78 is 32.7. The number of hydrogen-bond donors (Lipinski definition) is 1. The van der Waals surface area contributed by atoms with Crippen LogP contribution in [0, 0.1) is 13.8 Å². The lowest BCUT2D eigenvalue weighted by atomic mass is 10.1. The minimum atomic E-state index is -3.65. The summed E-state index contributed by atoms with van der Waals surface area (Å²) in [5.74, 6) is 0.665. The van der Waals surface area contributed by atoms with E-state index in [1.165, 1.54) is 0 Å². The zero-order chi connectivity index (χ0) is 15.6. The third-order valence-corrected chi connectivity index (χ3v) is 5.07. The molecule has 2 aromatic carbocycles. The van der Waals surface area contributed by atoms with E-state index < -0.39 is 10.0 Å². The molecule has 0 aromatic heterocycles. The molecule has 0 aliphatic rings. The first-order valence-corrected chi connectivity index (χ1v) is 8.14. The first-order valence-electron chi connectivity index (χ1n) is 6.27. The van der Waals surface area contributed by atoms with Crippen LogP contribution in [0.5, 0.6) is 5.75 Å². The van der Waals surface area contributed by atoms with E-state index in [-0.39, 0.29) is 4.90 Å². The third kappa shape index (κ3) is 3.31. The van der Waals surface area contributed by atoms with Gasteiger partial charge in [-0.3, -0.25) is 4.72 Å². The molecular weight excluding hydrogens is 310 g/mol. The SMILES string of the molecule is COc1ccc(S(=O)(=O)Nc2ccc(Cl)cc2)c(C)c1C. The molecule has 0 fully saturated rings. The van der Waals surface area contributed by atoms with Gasteiger partial charge in [-0.2, -0.15) is 0 Å². The Morgan fingerprint density at radius 1 is 1.00 bits per heavy atom. The van der Waals surface area contributed by atoms with Gasteiger partial charge >= 0.3 is 0 Å². The number of anilines is 1. The van der Waals surface area contributed by atoms with Crippen LogP contribution in [0.2, 0.25) is 5.02 Å². The Kier molecular flexibility index (Phi) is 4.44. The van der Waals surface area contributed by atoms with Crippen LogP contribution in [-0.2, 0) is 10.0 Å². The molecule has 112 valence electrons. The number of nitrogens with one attached hydrogen (secondary N) is 1. The Morgan fingerprint density at radius 2 is 1.62 bits per heavy atom. The van der Waals surface area contributed by atoms with Gasteiger partial charge < -0.3 is 4.74 Å². The number of sulfonamides is 1. The Balaban J connectivity index is 2.40. The number of hydrogen-bond acceptors (Lipinski definition) is 3. The zero-order valence-corrected chi connectivity index (χ0v) is 13.5. The van der Waals surface area contributed by atoms with Crippen LogP contribution in [0.1, 0.15) is 11.1 Å². The van der Waals surface area contributed by atoms with Crippen LogP contribution in [0.15, 0.2) is 41.3 Å². The molecule has 6 heteroatoms. The maximum Gasteiger partial charge on any atom is 0.262 e. The van der Waals surface area contributed by atoms with E-state index in [0.717, 1.165) is 5.56 Å². The van der Waals surface area contributed by atoms with Crippen LogP contribution >= 0.6 is 11.6 Å². The maximum atomic E-state index is 12.5. The maximum absolute atomic E-state index is 12.5. The van der Waals surface area contributed by atoms with E-state index >= 15 is 0 Å². The molecule has 0 bridgehead atoms. The van der Waals surface area contributed by atoms with Crippen LogP contribution in [0.3, 0.4) is 0 Å². The molecule has 0 saturated carbocycles. The number of halogens is 1. The molecule has 0 saturated heterocycles. The van der Waals surface area contributed by atoms with Gasteiger partial charge in [0.05, 0.1) is 12.0 Å². The molecule has 0 spiro atoms. The highest BCUT2D eigenvalue weighted by molar-refractivity contribution is 7.92. The van der Waals surface area contributed by atoms with E-state index in [0.29, 0.717) is 22.0 Å². The average molecular weight is 326 g/mol. The molecule has 0 atom stereocenters. The number of benzene rings is 2. The van der Waals surface area contributed by atoms with Crippen LogP contribution < -0.4 is 9.46 Å². The number of methoxy groups -OCH3 is 1. The largest absolute Gasteiger partial charge is 0.496 e. The van der Waals surface area contributed by atoms with Gasteiger partial charge in [-0.15, -0.1) is 0 Å². The van der Waals surface area contributed by atoms with Gasteiger partial charge in [-0.25, -0.2) is 8.42 Å². The summed E-state index contributed by atoms with van der Waals surface area (Å²) in [7, 11) is -2.10. The molecule has 0 amide bonds. The summed E-state index contributed by atoms with van der Waals surface area (Å²) in [5.41, 5.74) is 1.93. The first-order chi connectivity index (χ1) is 9.85. The Hall–Kier alpha value is -1.72. The highest BCUT2D eigenvalue weighted by atomic mass is 35.5. The van der Waals surface area contributed by atoms with E-state index in [1.54, 1.807) is 50.4 Å². The number of ether oxygens (including phenoxy) is 1. The van der Waals surface area contributed by atoms with Crippen molar-refractivity contribution in [3.63, 3.8) is 0 Å². The standard InChI is InChI=1S/C15H16ClNO3S/c1-10-11(2)15(9-8-14(10)20-3)21(18,19)17-13-6-4-12(16)5-7-13/h4-9,17H,1-3H3. The van der Waals surface area contributed by atoms with E-state index in [1.807, 2.05) is 6.92 Å². The van der Waals surface area contributed by atoms with Gasteiger partial charge in [0.25, 0.3) is 10.0 Å². The van der Waals surface area contributed by atoms with Crippen molar-refractivity contribution in [1.29, 1.82) is 0 Å². The van der Waals surface area contributed by atoms with Crippen LogP contribution in [0.4, 0.5) is 5.69 Å². The minimum Gasteiger partial charge on any atom is -0.496 e. The third-order valence-electron chi connectivity index (χ3n) is 3.29. The molecule has 2 aromatic rings. The average Bonchev–Trinajstić information content (AvgIpc) is 2.44. The zero-order valence-electron chi connectivity index (χ0n) is 12.0. The second-order valence-corrected chi connectivity index (χ2v) is 6.72. The smallest absolute Gasteiger partial charge is 0.262 e. The minimum absolute atomic E-state index is 0.232. The molecule has 2 rings (SSSR count). The first kappa shape index (κ1) is 15.7. The second kappa shape index (κ2) is 5.95. The Morgan fingerprint density at radius 3 is 2.19 bits per heavy atom. The van der Waals surface area contributed by atoms with Gasteiger partial charge in [0.15, 0.2) is 0 Å². The van der Waals surface area contributed by atoms with Gasteiger partial charge in [0.2, 0.25) is 0 Å². The summed E-state index contributed by atoms with van der Waals surface area (Å²) in [6.45, 7) is 3.59. The molecule has 0 heterocycles. The number of rotatable bonds is 4. The fourth-order valence-electron chi connectivity index (χ4n) is 2.01. The summed E-state index contributed by atoms with van der Waals surface area (Å²) in [4.78, 5) is 0.232. The van der Waals surface area contributed by atoms with Gasteiger partial charge in [0, 0.05) is 10.7 Å². The molecule has 0 radical (unpaired) electrons. The van der Waals surface area contributed by atoms with Crippen molar-refractivity contribution in [3.8, 4) is 5.75 Å². The highest BCUT2D eigenvalue weighted by Gasteiger charge is 2.19. The second-order valence-electron chi connectivity index (χ2n) is 4.63. The Bertz CT molecular complexity index is 755. The van der Waals surface area contributed by atoms with Gasteiger partial charge in [-0.1, -0.05) is 11.6 Å². The molecule has 0 aliphatic carbocycles. The van der Waals surface area contributed by atoms with E-state index in [4.69, 9.17) is 16.3 Å². The predicted molar refractivity (Wildman–Crippen MR) is 84.7 cm³/mol. The lowest BCUT2D eigenvalue weighted by Gasteiger charge is -2.14. The highest BCUT2D eigenvalue weighted by Crippen LogP contribution is 2.28. The molecule has 4 nitrogen and oxygen atoms in total. The van der Waals surface area contributed by atoms with Crippen LogP contribution in [0.25, 0.3) is 0 Å². The fraction of sp³-hybridized carbons (Fsp3) is 0.200. The fourth-order valence-corrected chi connectivity index (χ4v) is 3.50. The van der Waals surface area contributed by atoms with Crippen molar-refractivity contribution in [2.45, 2.75) is 18.7 Å². The Labute approximate surface area is 129 Å². The lowest BCUT2D eigenvalue weighted by molar-refractivity contribution is 0.411. The quantitative estimate of drug-likeness (QED) is 0.931. The summed E-state index contributed by atoms with van der Waals surface area (Å²) in [5, 5.41) is 0.550. The van der Waals surface area contributed by atoms with Crippen LogP contribution in [-0.4, -0.2) is 15.5 Å². The normalized spacial score (nSPS) is 11.2. The van der Waals surface area contributed by atoms with E-state index in [9.17, 15) is 8.42 Å². The topological polar surface area (TPSA) is 55.4 Å². The van der Waals surface area contributed by atoms with Crippen molar-refractivity contribution in [1.82, 2.24) is 0 Å². The molecule has 0 unspecified atom stereocenters. The molecular formula is C15H16ClNO3S. The van der Waals surface area contributed by atoms with Crippen molar-refractivity contribution in [3.05, 3.63) is 52.5 Å². The summed E-state index contributed by atoms with van der Waals surface area (Å²) in [6, 6.07) is 9.69. The van der Waals surface area contributed by atoms with Crippen molar-refractivity contribution >= 4 is 27.3 Å². The van der Waals surface area contributed by atoms with Crippen molar-refractivity contribution < 1.29 is 13.2 Å². The lowest BCUT2D eigenvalue weighted by Crippen LogP contribution is -2.14. The monoisotopic (exact) mass is 325 g/mol. The molecule has 1 N–H and O–H groups in total. The summed E-state index contributed by atoms with van der Waals surface area (Å²) in [6.07, 6.45) is 0. The molecule has 0 aliphatic heterocycles. The van der Waals surface area contributed by atoms with Gasteiger partial charge in [0.1, 0.15) is 5.75 Å². The predicted octanol–water partition coefficient (Wildman–Crippen LogP) is 3.77. The molecule has 21 heavy (non-hydrogen) atoms. The van der Waals surface area contributed by atoms with Gasteiger partial charge in [-0.05, 0) is 61.4 Å².